The molecular formula is C14H16N4OS2. The van der Waals surface area contributed by atoms with Crippen LogP contribution in [0.4, 0.5) is 0 Å². The first-order chi connectivity index (χ1) is 10.3. The summed E-state index contributed by atoms with van der Waals surface area (Å²) in [5.74, 6) is 3.13. The van der Waals surface area contributed by atoms with Crippen molar-refractivity contribution in [3.63, 3.8) is 0 Å². The summed E-state index contributed by atoms with van der Waals surface area (Å²) < 4.78 is 2.26. The van der Waals surface area contributed by atoms with E-state index in [0.29, 0.717) is 6.04 Å². The largest absolute Gasteiger partial charge is 0.329 e. The third kappa shape index (κ3) is 2.53. The summed E-state index contributed by atoms with van der Waals surface area (Å²) in [6.45, 7) is 0. The van der Waals surface area contributed by atoms with Crippen molar-refractivity contribution in [3.05, 3.63) is 39.8 Å². The molecule has 2 aromatic heterocycles. The number of hydrogen-bond acceptors (Lipinski definition) is 5. The van der Waals surface area contributed by atoms with Gasteiger partial charge in [-0.25, -0.2) is 9.97 Å². The lowest BCUT2D eigenvalue weighted by Gasteiger charge is -2.27. The third-order valence-electron chi connectivity index (χ3n) is 4.04. The molecule has 2 aromatic rings. The second-order valence-corrected chi connectivity index (χ2v) is 7.46. The van der Waals surface area contributed by atoms with Gasteiger partial charge in [-0.05, 0) is 19.3 Å². The van der Waals surface area contributed by atoms with Crippen LogP contribution in [0.25, 0.3) is 0 Å². The van der Waals surface area contributed by atoms with Gasteiger partial charge in [0, 0.05) is 34.7 Å². The lowest BCUT2D eigenvalue weighted by atomic mass is 10.3. The second kappa shape index (κ2) is 5.53. The zero-order chi connectivity index (χ0) is 14.2. The molecule has 110 valence electrons. The Bertz CT molecular complexity index is 720. The Balaban J connectivity index is 1.51. The molecule has 0 saturated carbocycles. The van der Waals surface area contributed by atoms with Gasteiger partial charge in [0.25, 0.3) is 5.56 Å². The molecule has 0 atom stereocenters. The SMILES string of the molecule is O=c1[nH]c(SCc2cncn2C2CSC2)nc2c1CCC2. The number of fused-ring (bicyclic) bond motifs is 1. The summed E-state index contributed by atoms with van der Waals surface area (Å²) in [5, 5.41) is 0.733. The molecule has 1 aliphatic carbocycles. The average molecular weight is 320 g/mol. The van der Waals surface area contributed by atoms with Gasteiger partial charge in [-0.1, -0.05) is 11.8 Å². The molecule has 0 spiro atoms. The van der Waals surface area contributed by atoms with E-state index < -0.39 is 0 Å². The van der Waals surface area contributed by atoms with Crippen LogP contribution in [-0.2, 0) is 18.6 Å². The number of hydrogen-bond donors (Lipinski definition) is 1. The topological polar surface area (TPSA) is 63.6 Å². The van der Waals surface area contributed by atoms with Crippen LogP contribution < -0.4 is 5.56 Å². The van der Waals surface area contributed by atoms with E-state index >= 15 is 0 Å². The van der Waals surface area contributed by atoms with Crippen LogP contribution in [0, 0.1) is 0 Å². The molecule has 1 fully saturated rings. The van der Waals surface area contributed by atoms with Crippen molar-refractivity contribution in [3.8, 4) is 0 Å². The van der Waals surface area contributed by atoms with Gasteiger partial charge in [-0.15, -0.1) is 0 Å². The molecule has 0 radical (unpaired) electrons. The molecule has 0 unspecified atom stereocenters. The summed E-state index contributed by atoms with van der Waals surface area (Å²) >= 11 is 3.56. The Morgan fingerprint density at radius 1 is 1.43 bits per heavy atom. The van der Waals surface area contributed by atoms with E-state index in [9.17, 15) is 4.79 Å². The quantitative estimate of drug-likeness (QED) is 0.690. The summed E-state index contributed by atoms with van der Waals surface area (Å²) in [7, 11) is 0. The number of aromatic amines is 1. The van der Waals surface area contributed by atoms with Gasteiger partial charge >= 0.3 is 0 Å². The van der Waals surface area contributed by atoms with Crippen molar-refractivity contribution >= 4 is 23.5 Å². The number of imidazole rings is 1. The summed E-state index contributed by atoms with van der Waals surface area (Å²) in [5.41, 5.74) is 3.12. The van der Waals surface area contributed by atoms with Crippen molar-refractivity contribution < 1.29 is 0 Å². The minimum absolute atomic E-state index is 0.0453. The molecule has 1 saturated heterocycles. The number of aromatic nitrogens is 4. The number of H-pyrrole nitrogens is 1. The summed E-state index contributed by atoms with van der Waals surface area (Å²) in [6.07, 6.45) is 6.69. The van der Waals surface area contributed by atoms with Gasteiger partial charge < -0.3 is 9.55 Å². The predicted octanol–water partition coefficient (Wildman–Crippen LogP) is 2.04. The van der Waals surface area contributed by atoms with Crippen LogP contribution in [0.2, 0.25) is 0 Å². The van der Waals surface area contributed by atoms with E-state index in [1.807, 2.05) is 24.3 Å². The van der Waals surface area contributed by atoms with Crippen molar-refractivity contribution in [1.29, 1.82) is 0 Å². The van der Waals surface area contributed by atoms with E-state index in [0.717, 1.165) is 41.4 Å². The fraction of sp³-hybridized carbons (Fsp3) is 0.500. The molecular weight excluding hydrogens is 304 g/mol. The highest BCUT2D eigenvalue weighted by Crippen LogP contribution is 2.31. The maximum absolute atomic E-state index is 12.0. The maximum atomic E-state index is 12.0. The third-order valence-corrected chi connectivity index (χ3v) is 6.18. The lowest BCUT2D eigenvalue weighted by molar-refractivity contribution is 0.577. The fourth-order valence-electron chi connectivity index (χ4n) is 2.79. The van der Waals surface area contributed by atoms with Gasteiger partial charge in [0.2, 0.25) is 0 Å². The van der Waals surface area contributed by atoms with Crippen molar-refractivity contribution in [2.75, 3.05) is 11.5 Å². The predicted molar refractivity (Wildman–Crippen MR) is 85.0 cm³/mol. The Morgan fingerprint density at radius 3 is 3.14 bits per heavy atom. The van der Waals surface area contributed by atoms with Crippen molar-refractivity contribution in [2.24, 2.45) is 0 Å². The Labute approximate surface area is 131 Å². The fourth-order valence-corrected chi connectivity index (χ4v) is 4.40. The first-order valence-electron chi connectivity index (χ1n) is 7.14. The van der Waals surface area contributed by atoms with E-state index in [2.05, 4.69) is 19.5 Å². The summed E-state index contributed by atoms with van der Waals surface area (Å²) in [4.78, 5) is 23.8. The number of nitrogens with zero attached hydrogens (tertiary/aromatic N) is 3. The molecule has 0 aromatic carbocycles. The minimum atomic E-state index is 0.0453. The van der Waals surface area contributed by atoms with Crippen LogP contribution in [-0.4, -0.2) is 31.0 Å². The van der Waals surface area contributed by atoms with E-state index in [4.69, 9.17) is 0 Å². The van der Waals surface area contributed by atoms with E-state index in [-0.39, 0.29) is 5.56 Å². The zero-order valence-electron chi connectivity index (χ0n) is 11.5. The maximum Gasteiger partial charge on any atom is 0.254 e. The molecule has 1 N–H and O–H groups in total. The number of thioether (sulfide) groups is 2. The summed E-state index contributed by atoms with van der Waals surface area (Å²) in [6, 6.07) is 0.583. The Hall–Kier alpha value is -1.21. The first-order valence-corrected chi connectivity index (χ1v) is 9.28. The molecule has 21 heavy (non-hydrogen) atoms. The van der Waals surface area contributed by atoms with Gasteiger partial charge in [0.1, 0.15) is 0 Å². The minimum Gasteiger partial charge on any atom is -0.329 e. The molecule has 0 amide bonds. The number of aryl methyl sites for hydroxylation is 1. The second-order valence-electron chi connectivity index (χ2n) is 5.42. The van der Waals surface area contributed by atoms with Gasteiger partial charge in [0.05, 0.1) is 18.1 Å². The molecule has 5 nitrogen and oxygen atoms in total. The highest BCUT2D eigenvalue weighted by molar-refractivity contribution is 8.00. The van der Waals surface area contributed by atoms with E-state index in [1.54, 1.807) is 11.8 Å². The zero-order valence-corrected chi connectivity index (χ0v) is 13.2. The molecule has 1 aliphatic heterocycles. The van der Waals surface area contributed by atoms with Crippen LogP contribution in [0.5, 0.6) is 0 Å². The molecule has 4 rings (SSSR count). The molecule has 2 aliphatic rings. The van der Waals surface area contributed by atoms with Gasteiger partial charge in [-0.3, -0.25) is 4.79 Å². The standard InChI is InChI=1S/C14H16N4OS2/c19-13-11-2-1-3-12(11)16-14(17-13)21-7-9-4-15-8-18(9)10-5-20-6-10/h4,8,10H,1-3,5-7H2,(H,16,17,19). The molecule has 0 bridgehead atoms. The molecule has 3 heterocycles. The first kappa shape index (κ1) is 13.5. The lowest BCUT2D eigenvalue weighted by Crippen LogP contribution is -2.23. The Kier molecular flexibility index (Phi) is 3.54. The Morgan fingerprint density at radius 2 is 2.33 bits per heavy atom. The van der Waals surface area contributed by atoms with Gasteiger partial charge in [-0.2, -0.15) is 11.8 Å². The van der Waals surface area contributed by atoms with Crippen LogP contribution >= 0.6 is 23.5 Å². The van der Waals surface area contributed by atoms with Gasteiger partial charge in [0.15, 0.2) is 5.16 Å². The highest BCUT2D eigenvalue weighted by atomic mass is 32.2. The van der Waals surface area contributed by atoms with E-state index in [1.165, 1.54) is 17.2 Å². The monoisotopic (exact) mass is 320 g/mol. The van der Waals surface area contributed by atoms with Crippen LogP contribution in [0.1, 0.15) is 29.4 Å². The van der Waals surface area contributed by atoms with Crippen molar-refractivity contribution in [2.45, 2.75) is 36.2 Å². The molecule has 7 heteroatoms. The normalized spacial score (nSPS) is 17.7. The smallest absolute Gasteiger partial charge is 0.254 e. The van der Waals surface area contributed by atoms with Crippen LogP contribution in [0.3, 0.4) is 0 Å². The average Bonchev–Trinajstić information content (AvgIpc) is 3.03. The highest BCUT2D eigenvalue weighted by Gasteiger charge is 2.22. The number of nitrogens with one attached hydrogen (secondary N) is 1. The number of rotatable bonds is 4. The van der Waals surface area contributed by atoms with Crippen LogP contribution in [0.15, 0.2) is 22.5 Å². The van der Waals surface area contributed by atoms with Crippen molar-refractivity contribution in [1.82, 2.24) is 19.5 Å².